The van der Waals surface area contributed by atoms with Crippen LogP contribution in [0.2, 0.25) is 0 Å². The molecule has 0 aliphatic carbocycles. The van der Waals surface area contributed by atoms with Crippen LogP contribution in [-0.2, 0) is 4.79 Å². The van der Waals surface area contributed by atoms with Crippen molar-refractivity contribution in [3.05, 3.63) is 39.9 Å². The maximum atomic E-state index is 11.0. The van der Waals surface area contributed by atoms with Crippen LogP contribution in [0.25, 0.3) is 0 Å². The largest absolute Gasteiger partial charge is 0.481 e. The number of non-ortho nitro benzene ring substituents is 1. The van der Waals surface area contributed by atoms with Gasteiger partial charge in [0.05, 0.1) is 10.8 Å². The quantitative estimate of drug-likeness (QED) is 0.641. The Balaban J connectivity index is 0.00000162. The molecule has 1 aliphatic rings. The molecule has 0 saturated carbocycles. The Labute approximate surface area is 110 Å². The number of nitrogens with one attached hydrogen (secondary N) is 1. The summed E-state index contributed by atoms with van der Waals surface area (Å²) in [6.45, 7) is 0.945. The molecule has 1 saturated heterocycles. The number of carboxylic acids is 1. The molecule has 2 rings (SSSR count). The molecule has 6 nitrogen and oxygen atoms in total. The van der Waals surface area contributed by atoms with Crippen LogP contribution in [0.5, 0.6) is 0 Å². The molecule has 0 amide bonds. The van der Waals surface area contributed by atoms with Gasteiger partial charge in [0.15, 0.2) is 0 Å². The van der Waals surface area contributed by atoms with Crippen LogP contribution < -0.4 is 5.32 Å². The number of benzene rings is 1. The Kier molecular flexibility index (Phi) is 4.63. The lowest BCUT2D eigenvalue weighted by atomic mass is 9.89. The summed E-state index contributed by atoms with van der Waals surface area (Å²) in [5.74, 6) is -1.59. The van der Waals surface area contributed by atoms with Gasteiger partial charge in [-0.05, 0) is 5.56 Å². The number of nitrogens with zero attached hydrogens (tertiary/aromatic N) is 1. The molecule has 0 radical (unpaired) electrons. The Bertz CT molecular complexity index is 466. The Morgan fingerprint density at radius 3 is 2.78 bits per heavy atom. The van der Waals surface area contributed by atoms with E-state index in [1.165, 1.54) is 12.1 Å². The van der Waals surface area contributed by atoms with E-state index in [0.717, 1.165) is 0 Å². The lowest BCUT2D eigenvalue weighted by molar-refractivity contribution is -0.384. The molecule has 1 aromatic rings. The van der Waals surface area contributed by atoms with Gasteiger partial charge >= 0.3 is 5.97 Å². The van der Waals surface area contributed by atoms with Crippen LogP contribution in [0, 0.1) is 16.0 Å². The molecular formula is C11H13ClN2O4. The molecule has 0 aromatic heterocycles. The maximum Gasteiger partial charge on any atom is 0.308 e. The standard InChI is InChI=1S/C11H12N2O4.ClH/c14-11(15)10-6-12-5-9(10)7-2-1-3-8(4-7)13(16)17;/h1-4,9-10,12H,5-6H2,(H,14,15);1H/t9-,10+;/m0./s1. The fourth-order valence-corrected chi connectivity index (χ4v) is 2.16. The number of aliphatic carboxylic acids is 1. The summed E-state index contributed by atoms with van der Waals surface area (Å²) < 4.78 is 0. The van der Waals surface area contributed by atoms with E-state index < -0.39 is 16.8 Å². The number of halogens is 1. The van der Waals surface area contributed by atoms with E-state index in [-0.39, 0.29) is 24.0 Å². The van der Waals surface area contributed by atoms with Crippen LogP contribution in [0.1, 0.15) is 11.5 Å². The molecule has 1 aliphatic heterocycles. The minimum atomic E-state index is -0.869. The SMILES string of the molecule is Cl.O=C(O)[C@@H]1CNC[C@H]1c1cccc([N+](=O)[O-])c1. The van der Waals surface area contributed by atoms with Crippen LogP contribution in [0.15, 0.2) is 24.3 Å². The van der Waals surface area contributed by atoms with E-state index in [2.05, 4.69) is 5.32 Å². The number of hydrogen-bond acceptors (Lipinski definition) is 4. The van der Waals surface area contributed by atoms with E-state index in [4.69, 9.17) is 5.11 Å². The number of nitro benzene ring substituents is 1. The Morgan fingerprint density at radius 1 is 1.44 bits per heavy atom. The van der Waals surface area contributed by atoms with Gasteiger partial charge in [-0.25, -0.2) is 0 Å². The molecule has 0 spiro atoms. The van der Waals surface area contributed by atoms with Gasteiger partial charge in [-0.1, -0.05) is 12.1 Å². The molecule has 1 heterocycles. The van der Waals surface area contributed by atoms with E-state index in [1.54, 1.807) is 12.1 Å². The van der Waals surface area contributed by atoms with Gasteiger partial charge in [-0.15, -0.1) is 12.4 Å². The molecule has 18 heavy (non-hydrogen) atoms. The molecule has 1 fully saturated rings. The third-order valence-corrected chi connectivity index (χ3v) is 3.04. The summed E-state index contributed by atoms with van der Waals surface area (Å²) in [6, 6.07) is 6.18. The van der Waals surface area contributed by atoms with E-state index in [0.29, 0.717) is 18.7 Å². The predicted octanol–water partition coefficient (Wildman–Crippen LogP) is 1.40. The van der Waals surface area contributed by atoms with Crippen molar-refractivity contribution in [2.24, 2.45) is 5.92 Å². The minimum Gasteiger partial charge on any atom is -0.481 e. The number of rotatable bonds is 3. The average Bonchev–Trinajstić information content (AvgIpc) is 2.78. The summed E-state index contributed by atoms with van der Waals surface area (Å²) >= 11 is 0. The first-order chi connectivity index (χ1) is 8.09. The predicted molar refractivity (Wildman–Crippen MR) is 67.1 cm³/mol. The highest BCUT2D eigenvalue weighted by Crippen LogP contribution is 2.30. The lowest BCUT2D eigenvalue weighted by Gasteiger charge is -2.14. The maximum absolute atomic E-state index is 11.0. The highest BCUT2D eigenvalue weighted by atomic mass is 35.5. The fraction of sp³-hybridized carbons (Fsp3) is 0.364. The highest BCUT2D eigenvalue weighted by Gasteiger charge is 2.34. The molecule has 2 N–H and O–H groups in total. The molecule has 7 heteroatoms. The van der Waals surface area contributed by atoms with Crippen LogP contribution in [0.3, 0.4) is 0 Å². The normalized spacial score (nSPS) is 22.2. The average molecular weight is 273 g/mol. The first kappa shape index (κ1) is 14.4. The molecule has 98 valence electrons. The Hall–Kier alpha value is -1.66. The van der Waals surface area contributed by atoms with Crippen LogP contribution >= 0.6 is 12.4 Å². The number of carbonyl (C=O) groups is 1. The van der Waals surface area contributed by atoms with Gasteiger partial charge < -0.3 is 10.4 Å². The van der Waals surface area contributed by atoms with E-state index in [1.807, 2.05) is 0 Å². The van der Waals surface area contributed by atoms with Crippen molar-refractivity contribution in [1.29, 1.82) is 0 Å². The monoisotopic (exact) mass is 272 g/mol. The zero-order chi connectivity index (χ0) is 12.4. The first-order valence-electron chi connectivity index (χ1n) is 5.27. The topological polar surface area (TPSA) is 92.5 Å². The lowest BCUT2D eigenvalue weighted by Crippen LogP contribution is -2.21. The van der Waals surface area contributed by atoms with Crippen molar-refractivity contribution < 1.29 is 14.8 Å². The third kappa shape index (κ3) is 2.77. The second-order valence-electron chi connectivity index (χ2n) is 4.06. The minimum absolute atomic E-state index is 0. The fourth-order valence-electron chi connectivity index (χ4n) is 2.16. The zero-order valence-electron chi connectivity index (χ0n) is 9.41. The van der Waals surface area contributed by atoms with Gasteiger partial charge in [0.1, 0.15) is 0 Å². The molecular weight excluding hydrogens is 260 g/mol. The molecule has 0 unspecified atom stereocenters. The molecule has 1 aromatic carbocycles. The second-order valence-corrected chi connectivity index (χ2v) is 4.06. The van der Waals surface area contributed by atoms with Crippen molar-refractivity contribution in [1.82, 2.24) is 5.32 Å². The smallest absolute Gasteiger partial charge is 0.308 e. The summed E-state index contributed by atoms with van der Waals surface area (Å²) in [6.07, 6.45) is 0. The summed E-state index contributed by atoms with van der Waals surface area (Å²) in [5.41, 5.74) is 0.704. The van der Waals surface area contributed by atoms with Gasteiger partial charge in [-0.2, -0.15) is 0 Å². The number of carboxylic acid groups (broad SMARTS) is 1. The van der Waals surface area contributed by atoms with Gasteiger partial charge in [0.25, 0.3) is 5.69 Å². The van der Waals surface area contributed by atoms with E-state index in [9.17, 15) is 14.9 Å². The van der Waals surface area contributed by atoms with Crippen molar-refractivity contribution in [3.63, 3.8) is 0 Å². The molecule has 0 bridgehead atoms. The third-order valence-electron chi connectivity index (χ3n) is 3.04. The molecule has 2 atom stereocenters. The second kappa shape index (κ2) is 5.79. The van der Waals surface area contributed by atoms with Crippen molar-refractivity contribution in [2.45, 2.75) is 5.92 Å². The van der Waals surface area contributed by atoms with Gasteiger partial charge in [0.2, 0.25) is 0 Å². The highest BCUT2D eigenvalue weighted by molar-refractivity contribution is 5.85. The van der Waals surface area contributed by atoms with E-state index >= 15 is 0 Å². The van der Waals surface area contributed by atoms with Crippen LogP contribution in [-0.4, -0.2) is 29.1 Å². The zero-order valence-corrected chi connectivity index (χ0v) is 10.2. The van der Waals surface area contributed by atoms with Gasteiger partial charge in [-0.3, -0.25) is 14.9 Å². The van der Waals surface area contributed by atoms with Crippen molar-refractivity contribution in [2.75, 3.05) is 13.1 Å². The number of nitro groups is 1. The van der Waals surface area contributed by atoms with Gasteiger partial charge in [0, 0.05) is 31.1 Å². The summed E-state index contributed by atoms with van der Waals surface area (Å²) in [4.78, 5) is 21.2. The van der Waals surface area contributed by atoms with Crippen molar-refractivity contribution >= 4 is 24.1 Å². The summed E-state index contributed by atoms with van der Waals surface area (Å²) in [7, 11) is 0. The summed E-state index contributed by atoms with van der Waals surface area (Å²) in [5, 5.41) is 22.7. The Morgan fingerprint density at radius 2 is 2.17 bits per heavy atom. The van der Waals surface area contributed by atoms with Crippen LogP contribution in [0.4, 0.5) is 5.69 Å². The number of hydrogen-bond donors (Lipinski definition) is 2. The van der Waals surface area contributed by atoms with Crippen molar-refractivity contribution in [3.8, 4) is 0 Å². The first-order valence-corrected chi connectivity index (χ1v) is 5.27.